The van der Waals surface area contributed by atoms with E-state index in [1.807, 2.05) is 49.4 Å². The number of carbonyl (C=O) groups is 4. The number of imide groups is 1. The Bertz CT molecular complexity index is 2110. The molecule has 0 spiro atoms. The van der Waals surface area contributed by atoms with Crippen molar-refractivity contribution in [2.45, 2.75) is 36.5 Å². The van der Waals surface area contributed by atoms with Crippen molar-refractivity contribution >= 4 is 74.1 Å². The summed E-state index contributed by atoms with van der Waals surface area (Å²) in [6.45, 7) is 3.71. The number of thiazole rings is 1. The molecule has 10 nitrogen and oxygen atoms in total. The third-order valence-electron chi connectivity index (χ3n) is 10.3. The highest BCUT2D eigenvalue weighted by Crippen LogP contribution is 2.69. The predicted octanol–water partition coefficient (Wildman–Crippen LogP) is 6.38. The van der Waals surface area contributed by atoms with Crippen molar-refractivity contribution in [2.75, 3.05) is 23.4 Å². The van der Waals surface area contributed by atoms with Crippen molar-refractivity contribution in [3.63, 3.8) is 0 Å². The zero-order chi connectivity index (χ0) is 34.8. The van der Waals surface area contributed by atoms with Crippen LogP contribution in [-0.2, 0) is 19.1 Å². The van der Waals surface area contributed by atoms with Crippen LogP contribution in [0.15, 0.2) is 81.0 Å². The van der Waals surface area contributed by atoms with Gasteiger partial charge in [0.05, 0.1) is 34.7 Å². The van der Waals surface area contributed by atoms with Crippen molar-refractivity contribution in [1.82, 2.24) is 4.98 Å². The lowest BCUT2D eigenvalue weighted by Gasteiger charge is -2.43. The largest absolute Gasteiger partial charge is 0.483 e. The molecule has 1 saturated heterocycles. The second-order valence-electron chi connectivity index (χ2n) is 13.1. The molecule has 3 amide bonds. The molecule has 3 heterocycles. The second-order valence-corrected chi connectivity index (χ2v) is 16.2. The Kier molecular flexibility index (Phi) is 8.47. The second kappa shape index (κ2) is 12.8. The van der Waals surface area contributed by atoms with Crippen molar-refractivity contribution in [2.24, 2.45) is 29.6 Å². The molecule has 7 atom stereocenters. The first-order valence-corrected chi connectivity index (χ1v) is 18.9. The number of aryl methyl sites for hydroxylation is 1. The molecule has 4 aliphatic rings. The number of carbonyl (C=O) groups excluding carboxylic acids is 4. The van der Waals surface area contributed by atoms with Crippen molar-refractivity contribution in [3.8, 4) is 5.75 Å². The molecule has 13 heteroatoms. The van der Waals surface area contributed by atoms with Gasteiger partial charge in [0.25, 0.3) is 5.91 Å². The minimum Gasteiger partial charge on any atom is -0.483 e. The highest BCUT2D eigenvalue weighted by atomic mass is 79.9. The number of H-pyrrole nitrogens is 1. The zero-order valence-electron chi connectivity index (χ0n) is 27.0. The van der Waals surface area contributed by atoms with Gasteiger partial charge < -0.3 is 19.8 Å². The Hall–Kier alpha value is -4.20. The molecule has 3 aromatic carbocycles. The first-order valence-electron chi connectivity index (χ1n) is 16.5. The predicted molar refractivity (Wildman–Crippen MR) is 193 cm³/mol. The summed E-state index contributed by atoms with van der Waals surface area (Å²) in [5.41, 5.74) is 3.31. The molecule has 8 rings (SSSR count). The van der Waals surface area contributed by atoms with Crippen LogP contribution >= 0.6 is 39.0 Å². The van der Waals surface area contributed by atoms with Crippen molar-refractivity contribution < 1.29 is 28.7 Å². The third kappa shape index (κ3) is 5.50. The molecule has 3 fully saturated rings. The number of hydrogen-bond acceptors (Lipinski definition) is 9. The number of anilines is 2. The summed E-state index contributed by atoms with van der Waals surface area (Å²) in [5.74, 6) is -2.23. The SMILES string of the molecule is CCOC(=O)c1ccc(N2C(=O)C3C4CC(C3C2=O)C2C4Sc3[nH]c(=O)sc3[C@@H]2c2cc(Br)ccc2OCC(=O)Nc2cccc(C)c2)cc1. The fraction of sp³-hybridized carbons (Fsp3) is 0.324. The number of amides is 3. The Labute approximate surface area is 304 Å². The summed E-state index contributed by atoms with van der Waals surface area (Å²) in [6.07, 6.45) is 0.726. The molecule has 1 aromatic heterocycles. The fourth-order valence-electron chi connectivity index (χ4n) is 8.54. The molecule has 2 aliphatic heterocycles. The van der Waals surface area contributed by atoms with Crippen molar-refractivity contribution in [3.05, 3.63) is 102 Å². The van der Waals surface area contributed by atoms with Crippen LogP contribution in [0.2, 0.25) is 0 Å². The van der Waals surface area contributed by atoms with E-state index in [1.54, 1.807) is 43.0 Å². The van der Waals surface area contributed by atoms with Gasteiger partial charge in [-0.25, -0.2) is 4.79 Å². The van der Waals surface area contributed by atoms with E-state index >= 15 is 0 Å². The molecule has 2 saturated carbocycles. The van der Waals surface area contributed by atoms with E-state index in [4.69, 9.17) is 9.47 Å². The molecular weight excluding hydrogens is 742 g/mol. The van der Waals surface area contributed by atoms with Crippen LogP contribution in [0.25, 0.3) is 0 Å². The minimum absolute atomic E-state index is 0.0247. The van der Waals surface area contributed by atoms with Gasteiger partial charge in [-0.3, -0.25) is 24.1 Å². The summed E-state index contributed by atoms with van der Waals surface area (Å²) in [6, 6.07) is 19.6. The lowest BCUT2D eigenvalue weighted by Crippen LogP contribution is -2.42. The van der Waals surface area contributed by atoms with Crippen LogP contribution in [0, 0.1) is 36.5 Å². The van der Waals surface area contributed by atoms with Crippen LogP contribution in [0.1, 0.15) is 45.6 Å². The lowest BCUT2D eigenvalue weighted by molar-refractivity contribution is -0.123. The van der Waals surface area contributed by atoms with Gasteiger partial charge in [-0.05, 0) is 98.2 Å². The Morgan fingerprint density at radius 2 is 1.76 bits per heavy atom. The number of hydrogen-bond donors (Lipinski definition) is 2. The number of rotatable bonds is 8. The topological polar surface area (TPSA) is 135 Å². The van der Waals surface area contributed by atoms with Crippen LogP contribution in [0.4, 0.5) is 11.4 Å². The van der Waals surface area contributed by atoms with Gasteiger partial charge in [0.2, 0.25) is 11.8 Å². The Balaban J connectivity index is 1.11. The average molecular weight is 775 g/mol. The lowest BCUT2D eigenvalue weighted by atomic mass is 9.68. The number of aromatic nitrogens is 1. The highest BCUT2D eigenvalue weighted by molar-refractivity contribution is 9.10. The van der Waals surface area contributed by atoms with Crippen LogP contribution < -0.4 is 19.8 Å². The third-order valence-corrected chi connectivity index (χ3v) is 13.4. The normalized spacial score (nSPS) is 26.0. The van der Waals surface area contributed by atoms with Gasteiger partial charge in [0, 0.05) is 31.8 Å². The van der Waals surface area contributed by atoms with Gasteiger partial charge in [-0.15, -0.1) is 11.8 Å². The summed E-state index contributed by atoms with van der Waals surface area (Å²) < 4.78 is 12.1. The highest BCUT2D eigenvalue weighted by Gasteiger charge is 2.70. The van der Waals surface area contributed by atoms with Gasteiger partial charge in [-0.1, -0.05) is 39.4 Å². The molecule has 2 bridgehead atoms. The monoisotopic (exact) mass is 773 g/mol. The van der Waals surface area contributed by atoms with Gasteiger partial charge in [0.15, 0.2) is 6.61 Å². The van der Waals surface area contributed by atoms with E-state index in [-0.39, 0.29) is 64.7 Å². The van der Waals surface area contributed by atoms with Crippen LogP contribution in [0.3, 0.4) is 0 Å². The minimum atomic E-state index is -0.504. The molecule has 0 radical (unpaired) electrons. The molecule has 4 aromatic rings. The smallest absolute Gasteiger partial charge is 0.338 e. The average Bonchev–Trinajstić information content (AvgIpc) is 3.83. The quantitative estimate of drug-likeness (QED) is 0.156. The number of nitrogens with one attached hydrogen (secondary N) is 2. The Morgan fingerprint density at radius 1 is 1.00 bits per heavy atom. The molecule has 50 heavy (non-hydrogen) atoms. The standard InChI is InChI=1S/C37H32BrN3O7S2/c1-3-47-36(45)18-7-10-21(11-8-18)41-34(43)29-23-15-24(30(29)35(41)44)31-28(23)27(32-33(49-31)40-37(46)50-32)22-14-19(38)9-12-25(22)48-16-26(42)39-20-6-4-5-17(2)13-20/h4-14,23-24,27-31H,3,15-16H2,1-2H3,(H,39,42)(H,40,46)/t23?,24?,27-,28?,29?,30?,31?/m1/s1. The van der Waals surface area contributed by atoms with Gasteiger partial charge >= 0.3 is 10.8 Å². The number of benzene rings is 3. The molecule has 2 aliphatic carbocycles. The van der Waals surface area contributed by atoms with E-state index in [2.05, 4.69) is 26.2 Å². The van der Waals surface area contributed by atoms with Crippen LogP contribution in [0.5, 0.6) is 5.75 Å². The maximum absolute atomic E-state index is 14.2. The number of ether oxygens (including phenoxy) is 2. The number of nitrogens with zero attached hydrogens (tertiary/aromatic N) is 1. The first kappa shape index (κ1) is 33.0. The van der Waals surface area contributed by atoms with Gasteiger partial charge in [0.1, 0.15) is 5.75 Å². The number of halogens is 1. The van der Waals surface area contributed by atoms with Crippen molar-refractivity contribution in [1.29, 1.82) is 0 Å². The number of esters is 1. The number of thioether (sulfide) groups is 1. The maximum Gasteiger partial charge on any atom is 0.338 e. The molecular formula is C37H32BrN3O7S2. The fourth-order valence-corrected chi connectivity index (χ4v) is 11.8. The Morgan fingerprint density at radius 3 is 2.50 bits per heavy atom. The molecule has 2 N–H and O–H groups in total. The number of aromatic amines is 1. The van der Waals surface area contributed by atoms with E-state index < -0.39 is 17.8 Å². The first-order chi connectivity index (χ1) is 24.1. The van der Waals surface area contributed by atoms with E-state index in [1.165, 1.54) is 4.90 Å². The summed E-state index contributed by atoms with van der Waals surface area (Å²) >= 11 is 6.40. The summed E-state index contributed by atoms with van der Waals surface area (Å²) in [4.78, 5) is 71.3. The zero-order valence-corrected chi connectivity index (χ0v) is 30.2. The molecule has 256 valence electrons. The maximum atomic E-state index is 14.2. The number of fused-ring (bicyclic) bond motifs is 9. The van der Waals surface area contributed by atoms with E-state index in [0.29, 0.717) is 22.7 Å². The summed E-state index contributed by atoms with van der Waals surface area (Å²) in [5, 5.41) is 3.64. The van der Waals surface area contributed by atoms with E-state index in [9.17, 15) is 24.0 Å². The van der Waals surface area contributed by atoms with E-state index in [0.717, 1.165) is 43.3 Å². The molecule has 6 unspecified atom stereocenters. The summed E-state index contributed by atoms with van der Waals surface area (Å²) in [7, 11) is 0. The van der Waals surface area contributed by atoms with Gasteiger partial charge in [-0.2, -0.15) is 0 Å². The van der Waals surface area contributed by atoms with Crippen LogP contribution in [-0.4, -0.2) is 47.1 Å².